The molecule has 0 bridgehead atoms. The van der Waals surface area contributed by atoms with Crippen LogP contribution in [0.4, 0.5) is 0 Å². The summed E-state index contributed by atoms with van der Waals surface area (Å²) >= 11 is 0. The van der Waals surface area contributed by atoms with Gasteiger partial charge in [-0.2, -0.15) is 10.1 Å². The Morgan fingerprint density at radius 1 is 0.567 bits per heavy atom. The molecular formula is C24H48N2O4. The van der Waals surface area contributed by atoms with E-state index in [-0.39, 0.29) is 22.2 Å². The zero-order chi connectivity index (χ0) is 22.8. The first-order valence-corrected chi connectivity index (χ1v) is 11.8. The van der Waals surface area contributed by atoms with Crippen LogP contribution < -0.4 is 0 Å². The van der Waals surface area contributed by atoms with Gasteiger partial charge in [0.1, 0.15) is 0 Å². The molecule has 0 aromatic rings. The van der Waals surface area contributed by atoms with E-state index in [0.717, 1.165) is 51.7 Å². The number of piperidine rings is 2. The van der Waals surface area contributed by atoms with Gasteiger partial charge in [0.25, 0.3) is 0 Å². The molecule has 2 aliphatic heterocycles. The van der Waals surface area contributed by atoms with Crippen LogP contribution >= 0.6 is 0 Å². The zero-order valence-corrected chi connectivity index (χ0v) is 20.8. The minimum atomic E-state index is -0.190. The number of hydrogen-bond donors (Lipinski definition) is 2. The lowest BCUT2D eigenvalue weighted by Crippen LogP contribution is -2.59. The van der Waals surface area contributed by atoms with E-state index in [4.69, 9.17) is 9.47 Å². The molecule has 6 nitrogen and oxygen atoms in total. The van der Waals surface area contributed by atoms with Gasteiger partial charge >= 0.3 is 0 Å². The van der Waals surface area contributed by atoms with Crippen LogP contribution in [-0.4, -0.2) is 69.1 Å². The van der Waals surface area contributed by atoms with E-state index >= 15 is 0 Å². The second-order valence-electron chi connectivity index (χ2n) is 12.2. The lowest BCUT2D eigenvalue weighted by Gasteiger charge is -2.51. The largest absolute Gasteiger partial charge is 0.379 e. The third-order valence-corrected chi connectivity index (χ3v) is 7.16. The Morgan fingerprint density at radius 3 is 1.10 bits per heavy atom. The Morgan fingerprint density at radius 2 is 0.833 bits per heavy atom. The highest BCUT2D eigenvalue weighted by atomic mass is 16.5. The molecule has 2 rings (SSSR count). The zero-order valence-electron chi connectivity index (χ0n) is 20.8. The van der Waals surface area contributed by atoms with Crippen LogP contribution in [-0.2, 0) is 9.47 Å². The predicted molar refractivity (Wildman–Crippen MR) is 120 cm³/mol. The smallest absolute Gasteiger partial charge is 0.0700 e. The van der Waals surface area contributed by atoms with Gasteiger partial charge < -0.3 is 19.9 Å². The van der Waals surface area contributed by atoms with E-state index in [1.165, 1.54) is 10.1 Å². The average Bonchev–Trinajstić information content (AvgIpc) is 2.59. The summed E-state index contributed by atoms with van der Waals surface area (Å²) in [7, 11) is 0. The first-order valence-electron chi connectivity index (χ1n) is 11.8. The summed E-state index contributed by atoms with van der Waals surface area (Å²) in [6.07, 6.45) is 6.03. The summed E-state index contributed by atoms with van der Waals surface area (Å²) in [6, 6.07) is 0. The molecule has 178 valence electrons. The second kappa shape index (κ2) is 9.72. The molecule has 30 heavy (non-hydrogen) atoms. The maximum Gasteiger partial charge on any atom is 0.0700 e. The summed E-state index contributed by atoms with van der Waals surface area (Å²) in [6.45, 7) is 19.7. The van der Waals surface area contributed by atoms with Crippen molar-refractivity contribution in [1.29, 1.82) is 0 Å². The van der Waals surface area contributed by atoms with Crippen molar-refractivity contribution in [2.24, 2.45) is 11.8 Å². The molecule has 2 heterocycles. The number of nitrogens with zero attached hydrogens (tertiary/aromatic N) is 2. The Balaban J connectivity index is 1.58. The minimum Gasteiger partial charge on any atom is -0.379 e. The summed E-state index contributed by atoms with van der Waals surface area (Å²) < 4.78 is 11.7. The van der Waals surface area contributed by atoms with Gasteiger partial charge in [-0.3, -0.25) is 0 Å². The van der Waals surface area contributed by atoms with Gasteiger partial charge in [0, 0.05) is 35.4 Å². The molecule has 0 aromatic heterocycles. The lowest BCUT2D eigenvalue weighted by molar-refractivity contribution is -0.252. The Bertz CT molecular complexity index is 463. The number of ether oxygens (including phenoxy) is 2. The SMILES string of the molecule is CC1(C)CC(CCOCCOCCC2CC(C)(C)N(O)C(C)(C)C2)CC(C)(C)N1O. The molecular weight excluding hydrogens is 380 g/mol. The van der Waals surface area contributed by atoms with E-state index in [0.29, 0.717) is 25.0 Å². The molecule has 0 saturated carbocycles. The topological polar surface area (TPSA) is 65.4 Å². The first kappa shape index (κ1) is 26.0. The molecule has 0 aromatic carbocycles. The van der Waals surface area contributed by atoms with E-state index in [1.807, 2.05) is 0 Å². The normalized spacial score (nSPS) is 27.4. The molecule has 0 unspecified atom stereocenters. The quantitative estimate of drug-likeness (QED) is 0.497. The van der Waals surface area contributed by atoms with Crippen molar-refractivity contribution >= 4 is 0 Å². The minimum absolute atomic E-state index is 0.190. The Kier molecular flexibility index (Phi) is 8.43. The van der Waals surface area contributed by atoms with Crippen molar-refractivity contribution in [3.8, 4) is 0 Å². The van der Waals surface area contributed by atoms with Crippen LogP contribution in [0.3, 0.4) is 0 Å². The van der Waals surface area contributed by atoms with Gasteiger partial charge in [-0.05, 0) is 106 Å². The van der Waals surface area contributed by atoms with Crippen molar-refractivity contribution in [3.05, 3.63) is 0 Å². The van der Waals surface area contributed by atoms with Crippen LogP contribution in [0.2, 0.25) is 0 Å². The molecule has 0 aliphatic carbocycles. The fourth-order valence-corrected chi connectivity index (χ4v) is 6.18. The molecule has 2 aliphatic rings. The summed E-state index contributed by atoms with van der Waals surface area (Å²) in [5, 5.41) is 23.9. The summed E-state index contributed by atoms with van der Waals surface area (Å²) in [5.74, 6) is 1.15. The van der Waals surface area contributed by atoms with Gasteiger partial charge in [-0.1, -0.05) is 0 Å². The average molecular weight is 429 g/mol. The fourth-order valence-electron chi connectivity index (χ4n) is 6.18. The third kappa shape index (κ3) is 6.63. The van der Waals surface area contributed by atoms with Crippen molar-refractivity contribution in [3.63, 3.8) is 0 Å². The number of rotatable bonds is 9. The van der Waals surface area contributed by atoms with Crippen LogP contribution in [0.1, 0.15) is 93.9 Å². The van der Waals surface area contributed by atoms with E-state index < -0.39 is 0 Å². The molecule has 2 fully saturated rings. The van der Waals surface area contributed by atoms with Crippen molar-refractivity contribution in [2.45, 2.75) is 116 Å². The maximum absolute atomic E-state index is 10.4. The lowest BCUT2D eigenvalue weighted by atomic mass is 9.74. The predicted octanol–water partition coefficient (Wildman–Crippen LogP) is 5.12. The van der Waals surface area contributed by atoms with Crippen molar-refractivity contribution < 1.29 is 19.9 Å². The molecule has 2 N–H and O–H groups in total. The van der Waals surface area contributed by atoms with Gasteiger partial charge in [0.05, 0.1) is 13.2 Å². The van der Waals surface area contributed by atoms with Crippen molar-refractivity contribution in [2.75, 3.05) is 26.4 Å². The molecule has 2 saturated heterocycles. The third-order valence-electron chi connectivity index (χ3n) is 7.16. The highest BCUT2D eigenvalue weighted by molar-refractivity contribution is 4.96. The molecule has 0 spiro atoms. The maximum atomic E-state index is 10.4. The summed E-state index contributed by atoms with van der Waals surface area (Å²) in [4.78, 5) is 0. The van der Waals surface area contributed by atoms with Crippen LogP contribution in [0.15, 0.2) is 0 Å². The van der Waals surface area contributed by atoms with Crippen LogP contribution in [0.5, 0.6) is 0 Å². The standard InChI is InChI=1S/C24H48N2O4/c1-21(2)15-19(16-22(3,4)25(21)27)9-11-29-13-14-30-12-10-20-17-23(5,6)26(28)24(7,8)18-20/h19-20,27-28H,9-18H2,1-8H3. The highest BCUT2D eigenvalue weighted by Crippen LogP contribution is 2.42. The van der Waals surface area contributed by atoms with E-state index in [9.17, 15) is 10.4 Å². The molecule has 6 heteroatoms. The second-order valence-corrected chi connectivity index (χ2v) is 12.2. The molecule has 0 radical (unpaired) electrons. The van der Waals surface area contributed by atoms with Crippen LogP contribution in [0, 0.1) is 11.8 Å². The van der Waals surface area contributed by atoms with Gasteiger partial charge in [0.2, 0.25) is 0 Å². The molecule has 0 atom stereocenters. The van der Waals surface area contributed by atoms with E-state index in [1.54, 1.807) is 0 Å². The summed E-state index contributed by atoms with van der Waals surface area (Å²) in [5.41, 5.74) is -0.759. The van der Waals surface area contributed by atoms with Gasteiger partial charge in [-0.25, -0.2) is 0 Å². The first-order chi connectivity index (χ1) is 13.7. The number of hydrogen-bond acceptors (Lipinski definition) is 6. The Hall–Kier alpha value is -0.240. The van der Waals surface area contributed by atoms with E-state index in [2.05, 4.69) is 55.4 Å². The van der Waals surface area contributed by atoms with Crippen molar-refractivity contribution in [1.82, 2.24) is 10.1 Å². The molecule has 0 amide bonds. The monoisotopic (exact) mass is 428 g/mol. The Labute approximate surface area is 184 Å². The van der Waals surface area contributed by atoms with Gasteiger partial charge in [0.15, 0.2) is 0 Å². The fraction of sp³-hybridized carbons (Fsp3) is 1.00. The highest BCUT2D eigenvalue weighted by Gasteiger charge is 2.45. The van der Waals surface area contributed by atoms with Crippen LogP contribution in [0.25, 0.3) is 0 Å². The van der Waals surface area contributed by atoms with Gasteiger partial charge in [-0.15, -0.1) is 0 Å². The number of hydroxylamine groups is 4.